The molecular formula is C16H24ClNO3. The number of hydrogen-bond acceptors (Lipinski definition) is 4. The van der Waals surface area contributed by atoms with Gasteiger partial charge >= 0.3 is 0 Å². The van der Waals surface area contributed by atoms with Crippen molar-refractivity contribution in [1.29, 1.82) is 0 Å². The lowest BCUT2D eigenvalue weighted by Gasteiger charge is -2.32. The van der Waals surface area contributed by atoms with Crippen LogP contribution >= 0.6 is 11.6 Å². The molecule has 0 bridgehead atoms. The number of benzene rings is 1. The first kappa shape index (κ1) is 16.6. The Morgan fingerprint density at radius 2 is 2.05 bits per heavy atom. The van der Waals surface area contributed by atoms with E-state index in [1.165, 1.54) is 6.42 Å². The number of ether oxygens (including phenoxy) is 1. The molecule has 0 saturated heterocycles. The summed E-state index contributed by atoms with van der Waals surface area (Å²) in [5, 5.41) is 24.0. The summed E-state index contributed by atoms with van der Waals surface area (Å²) >= 11 is 5.86. The quantitative estimate of drug-likeness (QED) is 0.723. The van der Waals surface area contributed by atoms with E-state index in [2.05, 4.69) is 5.32 Å². The van der Waals surface area contributed by atoms with Crippen molar-refractivity contribution >= 4 is 11.6 Å². The fraction of sp³-hybridized carbons (Fsp3) is 0.625. The van der Waals surface area contributed by atoms with Crippen molar-refractivity contribution in [2.75, 3.05) is 19.7 Å². The van der Waals surface area contributed by atoms with E-state index in [1.54, 1.807) is 24.3 Å². The third-order valence-electron chi connectivity index (χ3n) is 3.86. The Bertz CT molecular complexity index is 435. The molecule has 4 nitrogen and oxygen atoms in total. The van der Waals surface area contributed by atoms with Crippen LogP contribution in [0.15, 0.2) is 24.3 Å². The van der Waals surface area contributed by atoms with Crippen LogP contribution in [0.3, 0.4) is 0 Å². The monoisotopic (exact) mass is 313 g/mol. The van der Waals surface area contributed by atoms with Crippen LogP contribution in [0.1, 0.15) is 32.1 Å². The van der Waals surface area contributed by atoms with Gasteiger partial charge in [0.05, 0.1) is 5.60 Å². The summed E-state index contributed by atoms with van der Waals surface area (Å²) in [5.41, 5.74) is -0.605. The molecule has 1 unspecified atom stereocenters. The molecule has 1 fully saturated rings. The van der Waals surface area contributed by atoms with Crippen LogP contribution in [0.4, 0.5) is 0 Å². The van der Waals surface area contributed by atoms with Crippen LogP contribution in [0.2, 0.25) is 5.02 Å². The van der Waals surface area contributed by atoms with Gasteiger partial charge in [-0.1, -0.05) is 36.9 Å². The van der Waals surface area contributed by atoms with Gasteiger partial charge in [0.15, 0.2) is 0 Å². The number of nitrogens with one attached hydrogen (secondary N) is 1. The molecule has 0 aliphatic heterocycles. The number of halogens is 1. The topological polar surface area (TPSA) is 61.7 Å². The molecule has 3 N–H and O–H groups in total. The van der Waals surface area contributed by atoms with Crippen molar-refractivity contribution in [2.24, 2.45) is 0 Å². The van der Waals surface area contributed by atoms with Crippen molar-refractivity contribution in [2.45, 2.75) is 43.8 Å². The molecule has 1 aromatic rings. The maximum atomic E-state index is 10.3. The Labute approximate surface area is 131 Å². The zero-order valence-corrected chi connectivity index (χ0v) is 13.0. The van der Waals surface area contributed by atoms with E-state index in [4.69, 9.17) is 16.3 Å². The third kappa shape index (κ3) is 5.83. The highest BCUT2D eigenvalue weighted by Crippen LogP contribution is 2.27. The summed E-state index contributed by atoms with van der Waals surface area (Å²) in [6.45, 7) is 1.13. The predicted molar refractivity (Wildman–Crippen MR) is 83.9 cm³/mol. The normalized spacial score (nSPS) is 19.2. The second-order valence-corrected chi connectivity index (χ2v) is 6.27. The van der Waals surface area contributed by atoms with Crippen molar-refractivity contribution in [3.63, 3.8) is 0 Å². The zero-order valence-electron chi connectivity index (χ0n) is 12.2. The van der Waals surface area contributed by atoms with E-state index < -0.39 is 11.7 Å². The molecule has 1 aliphatic carbocycles. The van der Waals surface area contributed by atoms with Crippen molar-refractivity contribution < 1.29 is 14.9 Å². The van der Waals surface area contributed by atoms with Gasteiger partial charge in [-0.3, -0.25) is 0 Å². The van der Waals surface area contributed by atoms with Gasteiger partial charge in [-0.2, -0.15) is 0 Å². The van der Waals surface area contributed by atoms with E-state index >= 15 is 0 Å². The van der Waals surface area contributed by atoms with E-state index in [0.29, 0.717) is 23.9 Å². The Morgan fingerprint density at radius 1 is 1.29 bits per heavy atom. The number of hydrogen-bond donors (Lipinski definition) is 3. The van der Waals surface area contributed by atoms with Crippen molar-refractivity contribution in [3.8, 4) is 5.75 Å². The summed E-state index contributed by atoms with van der Waals surface area (Å²) in [7, 11) is 0. The predicted octanol–water partition coefficient (Wildman–Crippen LogP) is 2.36. The van der Waals surface area contributed by atoms with Crippen LogP contribution in [0.5, 0.6) is 5.75 Å². The van der Waals surface area contributed by atoms with Crippen molar-refractivity contribution in [1.82, 2.24) is 5.32 Å². The minimum Gasteiger partial charge on any atom is -0.491 e. The Kier molecular flexibility index (Phi) is 6.30. The smallest absolute Gasteiger partial charge is 0.120 e. The molecule has 1 aliphatic rings. The molecule has 5 heteroatoms. The Hall–Kier alpha value is -0.810. The van der Waals surface area contributed by atoms with Crippen LogP contribution in [-0.2, 0) is 0 Å². The van der Waals surface area contributed by atoms with Gasteiger partial charge in [0.25, 0.3) is 0 Å². The highest BCUT2D eigenvalue weighted by atomic mass is 35.5. The first-order valence-electron chi connectivity index (χ1n) is 7.57. The first-order valence-corrected chi connectivity index (χ1v) is 7.95. The van der Waals surface area contributed by atoms with Crippen LogP contribution in [0.25, 0.3) is 0 Å². The third-order valence-corrected chi connectivity index (χ3v) is 4.09. The largest absolute Gasteiger partial charge is 0.491 e. The molecule has 21 heavy (non-hydrogen) atoms. The van der Waals surface area contributed by atoms with E-state index in [1.807, 2.05) is 0 Å². The summed E-state index contributed by atoms with van der Waals surface area (Å²) in [6, 6.07) is 7.10. The zero-order chi connectivity index (χ0) is 15.1. The molecule has 0 heterocycles. The Balaban J connectivity index is 1.64. The van der Waals surface area contributed by atoms with Crippen molar-refractivity contribution in [3.05, 3.63) is 29.3 Å². The second-order valence-electron chi connectivity index (χ2n) is 5.84. The lowest BCUT2D eigenvalue weighted by Crippen LogP contribution is -2.44. The SMILES string of the molecule is OC(CNCC1(O)CCCCC1)COc1cccc(Cl)c1. The van der Waals surface area contributed by atoms with Crippen LogP contribution in [-0.4, -0.2) is 41.6 Å². The molecule has 0 spiro atoms. The second kappa shape index (κ2) is 7.99. The van der Waals surface area contributed by atoms with Gasteiger partial charge < -0.3 is 20.3 Å². The molecule has 118 valence electrons. The van der Waals surface area contributed by atoms with Crippen LogP contribution < -0.4 is 10.1 Å². The highest BCUT2D eigenvalue weighted by molar-refractivity contribution is 6.30. The average molecular weight is 314 g/mol. The summed E-state index contributed by atoms with van der Waals surface area (Å²) in [6.07, 6.45) is 4.44. The average Bonchev–Trinajstić information content (AvgIpc) is 2.46. The van der Waals surface area contributed by atoms with Gasteiger partial charge in [-0.25, -0.2) is 0 Å². The van der Waals surface area contributed by atoms with Gasteiger partial charge in [0.1, 0.15) is 18.5 Å². The standard InChI is InChI=1S/C16H24ClNO3/c17-13-5-4-6-15(9-13)21-11-14(19)10-18-12-16(20)7-2-1-3-8-16/h4-6,9,14,18-20H,1-3,7-8,10-12H2. The molecule has 0 amide bonds. The maximum absolute atomic E-state index is 10.3. The lowest BCUT2D eigenvalue weighted by molar-refractivity contribution is 0.00142. The first-order chi connectivity index (χ1) is 10.1. The van der Waals surface area contributed by atoms with E-state index in [-0.39, 0.29) is 6.61 Å². The van der Waals surface area contributed by atoms with Gasteiger partial charge in [-0.15, -0.1) is 0 Å². The fourth-order valence-corrected chi connectivity index (χ4v) is 2.85. The minimum absolute atomic E-state index is 0.200. The highest BCUT2D eigenvalue weighted by Gasteiger charge is 2.28. The van der Waals surface area contributed by atoms with Gasteiger partial charge in [0, 0.05) is 18.1 Å². The number of aliphatic hydroxyl groups excluding tert-OH is 1. The Morgan fingerprint density at radius 3 is 2.76 bits per heavy atom. The van der Waals surface area contributed by atoms with Gasteiger partial charge in [0.2, 0.25) is 0 Å². The molecule has 2 rings (SSSR count). The molecule has 0 aromatic heterocycles. The fourth-order valence-electron chi connectivity index (χ4n) is 2.67. The van der Waals surface area contributed by atoms with E-state index in [9.17, 15) is 10.2 Å². The summed E-state index contributed by atoms with van der Waals surface area (Å²) in [5.74, 6) is 0.646. The molecule has 1 saturated carbocycles. The lowest BCUT2D eigenvalue weighted by atomic mass is 9.85. The number of rotatable bonds is 7. The molecule has 1 atom stereocenters. The maximum Gasteiger partial charge on any atom is 0.120 e. The molecule has 0 radical (unpaired) electrons. The molecule has 1 aromatic carbocycles. The minimum atomic E-state index is -0.615. The van der Waals surface area contributed by atoms with Gasteiger partial charge in [-0.05, 0) is 31.0 Å². The van der Waals surface area contributed by atoms with Crippen LogP contribution in [0, 0.1) is 0 Å². The summed E-state index contributed by atoms with van der Waals surface area (Å²) in [4.78, 5) is 0. The van der Waals surface area contributed by atoms with E-state index in [0.717, 1.165) is 25.7 Å². The summed E-state index contributed by atoms with van der Waals surface area (Å²) < 4.78 is 5.48. The molecular weight excluding hydrogens is 290 g/mol. The number of aliphatic hydroxyl groups is 2.